The van der Waals surface area contributed by atoms with Crippen LogP contribution in [0.1, 0.15) is 40.0 Å². The van der Waals surface area contributed by atoms with Crippen LogP contribution in [-0.4, -0.2) is 5.78 Å². The van der Waals surface area contributed by atoms with E-state index in [9.17, 15) is 4.79 Å². The lowest BCUT2D eigenvalue weighted by atomic mass is 10.0. The molecule has 1 rings (SSSR count). The van der Waals surface area contributed by atoms with Gasteiger partial charge in [0.05, 0.1) is 0 Å². The molecule has 13 heavy (non-hydrogen) atoms. The number of allylic oxidation sites excluding steroid dienone is 4. The van der Waals surface area contributed by atoms with Gasteiger partial charge in [-0.2, -0.15) is 0 Å². The number of rotatable bonds is 3. The lowest BCUT2D eigenvalue weighted by Gasteiger charge is -2.00. The van der Waals surface area contributed by atoms with Crippen molar-refractivity contribution in [1.29, 1.82) is 0 Å². The van der Waals surface area contributed by atoms with Crippen LogP contribution in [0, 0.1) is 5.92 Å². The number of ketones is 1. The van der Waals surface area contributed by atoms with Crippen LogP contribution in [0.5, 0.6) is 0 Å². The SMILES string of the molecule is CC(C)=CCCC1=CC(=O)C(C)C1. The molecule has 0 amide bonds. The number of carbonyl (C=O) groups excluding carboxylic acids is 1. The average Bonchev–Trinajstić information content (AvgIpc) is 2.30. The monoisotopic (exact) mass is 178 g/mol. The third kappa shape index (κ3) is 3.17. The number of hydrogen-bond acceptors (Lipinski definition) is 1. The Morgan fingerprint density at radius 1 is 1.62 bits per heavy atom. The first-order valence-corrected chi connectivity index (χ1v) is 4.96. The van der Waals surface area contributed by atoms with Crippen molar-refractivity contribution in [3.8, 4) is 0 Å². The molecule has 1 unspecified atom stereocenters. The summed E-state index contributed by atoms with van der Waals surface area (Å²) in [5, 5.41) is 0. The summed E-state index contributed by atoms with van der Waals surface area (Å²) >= 11 is 0. The maximum Gasteiger partial charge on any atom is 0.158 e. The van der Waals surface area contributed by atoms with Crippen molar-refractivity contribution >= 4 is 5.78 Å². The molecule has 0 aromatic rings. The Labute approximate surface area is 80.5 Å². The highest BCUT2D eigenvalue weighted by atomic mass is 16.1. The van der Waals surface area contributed by atoms with Gasteiger partial charge in [0.1, 0.15) is 0 Å². The molecule has 0 aromatic carbocycles. The fourth-order valence-electron chi connectivity index (χ4n) is 1.62. The van der Waals surface area contributed by atoms with Crippen LogP contribution in [0.25, 0.3) is 0 Å². The van der Waals surface area contributed by atoms with Gasteiger partial charge in [0.2, 0.25) is 0 Å². The maximum atomic E-state index is 11.2. The summed E-state index contributed by atoms with van der Waals surface area (Å²) in [4.78, 5) is 11.2. The first kappa shape index (κ1) is 10.2. The minimum Gasteiger partial charge on any atom is -0.295 e. The Balaban J connectivity index is 2.36. The van der Waals surface area contributed by atoms with Crippen molar-refractivity contribution in [2.75, 3.05) is 0 Å². The van der Waals surface area contributed by atoms with Gasteiger partial charge in [-0.1, -0.05) is 24.1 Å². The quantitative estimate of drug-likeness (QED) is 0.606. The van der Waals surface area contributed by atoms with Gasteiger partial charge in [0.15, 0.2) is 5.78 Å². The summed E-state index contributed by atoms with van der Waals surface area (Å²) in [6.45, 7) is 6.22. The highest BCUT2D eigenvalue weighted by Crippen LogP contribution is 2.24. The zero-order chi connectivity index (χ0) is 9.84. The molecule has 1 heteroatoms. The largest absolute Gasteiger partial charge is 0.295 e. The molecule has 0 bridgehead atoms. The predicted molar refractivity (Wildman–Crippen MR) is 55.5 cm³/mol. The van der Waals surface area contributed by atoms with Gasteiger partial charge in [0.25, 0.3) is 0 Å². The smallest absolute Gasteiger partial charge is 0.158 e. The lowest BCUT2D eigenvalue weighted by molar-refractivity contribution is -0.116. The topological polar surface area (TPSA) is 17.1 Å². The number of carbonyl (C=O) groups is 1. The highest BCUT2D eigenvalue weighted by molar-refractivity contribution is 5.94. The van der Waals surface area contributed by atoms with Crippen LogP contribution >= 0.6 is 0 Å². The molecule has 0 heterocycles. The molecular formula is C12H18O. The fourth-order valence-corrected chi connectivity index (χ4v) is 1.62. The zero-order valence-corrected chi connectivity index (χ0v) is 8.76. The summed E-state index contributed by atoms with van der Waals surface area (Å²) in [5.41, 5.74) is 2.69. The first-order valence-electron chi connectivity index (χ1n) is 4.96. The van der Waals surface area contributed by atoms with Gasteiger partial charge >= 0.3 is 0 Å². The Morgan fingerprint density at radius 2 is 2.31 bits per heavy atom. The molecule has 1 aliphatic rings. The number of hydrogen-bond donors (Lipinski definition) is 0. The van der Waals surface area contributed by atoms with E-state index in [2.05, 4.69) is 19.9 Å². The van der Waals surface area contributed by atoms with Gasteiger partial charge in [-0.25, -0.2) is 0 Å². The maximum absolute atomic E-state index is 11.2. The molecule has 0 N–H and O–H groups in total. The second kappa shape index (κ2) is 4.40. The van der Waals surface area contributed by atoms with Crippen molar-refractivity contribution in [1.82, 2.24) is 0 Å². The molecule has 1 nitrogen and oxygen atoms in total. The van der Waals surface area contributed by atoms with Gasteiger partial charge in [-0.3, -0.25) is 4.79 Å². The molecule has 0 saturated carbocycles. The van der Waals surface area contributed by atoms with Crippen molar-refractivity contribution < 1.29 is 4.79 Å². The van der Waals surface area contributed by atoms with Crippen molar-refractivity contribution in [3.63, 3.8) is 0 Å². The summed E-state index contributed by atoms with van der Waals surface area (Å²) in [6.07, 6.45) is 7.18. The molecule has 0 spiro atoms. The van der Waals surface area contributed by atoms with Gasteiger partial charge in [-0.15, -0.1) is 0 Å². The molecule has 1 atom stereocenters. The van der Waals surface area contributed by atoms with Crippen LogP contribution in [-0.2, 0) is 4.79 Å². The fraction of sp³-hybridized carbons (Fsp3) is 0.583. The Bertz CT molecular complexity index is 254. The summed E-state index contributed by atoms with van der Waals surface area (Å²) < 4.78 is 0. The molecule has 0 saturated heterocycles. The average molecular weight is 178 g/mol. The molecule has 0 aromatic heterocycles. The van der Waals surface area contributed by atoms with E-state index in [1.54, 1.807) is 0 Å². The Morgan fingerprint density at radius 3 is 2.77 bits per heavy atom. The minimum absolute atomic E-state index is 0.238. The molecule has 0 radical (unpaired) electrons. The highest BCUT2D eigenvalue weighted by Gasteiger charge is 2.19. The van der Waals surface area contributed by atoms with Crippen LogP contribution < -0.4 is 0 Å². The van der Waals surface area contributed by atoms with E-state index in [1.807, 2.05) is 13.0 Å². The molecule has 0 aliphatic heterocycles. The van der Waals surface area contributed by atoms with Crippen molar-refractivity contribution in [2.45, 2.75) is 40.0 Å². The van der Waals surface area contributed by atoms with Crippen LogP contribution in [0.3, 0.4) is 0 Å². The van der Waals surface area contributed by atoms with Gasteiger partial charge < -0.3 is 0 Å². The van der Waals surface area contributed by atoms with Gasteiger partial charge in [-0.05, 0) is 39.2 Å². The molecular weight excluding hydrogens is 160 g/mol. The summed E-state index contributed by atoms with van der Waals surface area (Å²) in [6, 6.07) is 0. The van der Waals surface area contributed by atoms with Crippen LogP contribution in [0.4, 0.5) is 0 Å². The molecule has 72 valence electrons. The first-order chi connectivity index (χ1) is 6.09. The van der Waals surface area contributed by atoms with E-state index in [1.165, 1.54) is 11.1 Å². The second-order valence-electron chi connectivity index (χ2n) is 4.13. The zero-order valence-electron chi connectivity index (χ0n) is 8.76. The molecule has 1 aliphatic carbocycles. The minimum atomic E-state index is 0.238. The third-order valence-corrected chi connectivity index (χ3v) is 2.42. The van der Waals surface area contributed by atoms with Crippen molar-refractivity contribution in [3.05, 3.63) is 23.3 Å². The normalized spacial score (nSPS) is 21.6. The van der Waals surface area contributed by atoms with Crippen LogP contribution in [0.15, 0.2) is 23.3 Å². The van der Waals surface area contributed by atoms with E-state index in [0.717, 1.165) is 19.3 Å². The van der Waals surface area contributed by atoms with E-state index in [0.29, 0.717) is 5.78 Å². The summed E-state index contributed by atoms with van der Waals surface area (Å²) in [7, 11) is 0. The van der Waals surface area contributed by atoms with E-state index in [4.69, 9.17) is 0 Å². The van der Waals surface area contributed by atoms with Crippen LogP contribution in [0.2, 0.25) is 0 Å². The Hall–Kier alpha value is -0.850. The third-order valence-electron chi connectivity index (χ3n) is 2.42. The van der Waals surface area contributed by atoms with E-state index < -0.39 is 0 Å². The lowest BCUT2D eigenvalue weighted by Crippen LogP contribution is -1.99. The summed E-state index contributed by atoms with van der Waals surface area (Å²) in [5.74, 6) is 0.550. The Kier molecular flexibility index (Phi) is 3.47. The molecule has 0 fully saturated rings. The van der Waals surface area contributed by atoms with Gasteiger partial charge in [0, 0.05) is 5.92 Å². The standard InChI is InChI=1S/C12H18O/c1-9(2)5-4-6-11-7-10(3)12(13)8-11/h5,8,10H,4,6-7H2,1-3H3. The predicted octanol–water partition coefficient (Wildman–Crippen LogP) is 3.27. The van der Waals surface area contributed by atoms with Crippen molar-refractivity contribution in [2.24, 2.45) is 5.92 Å². The second-order valence-corrected chi connectivity index (χ2v) is 4.13. The van der Waals surface area contributed by atoms with E-state index >= 15 is 0 Å². The van der Waals surface area contributed by atoms with E-state index in [-0.39, 0.29) is 5.92 Å².